The predicted molar refractivity (Wildman–Crippen MR) is 131 cm³/mol. The fraction of sp³-hybridized carbons (Fsp3) is 0.214. The number of hydrogen-bond acceptors (Lipinski definition) is 5. The number of nitrogens with zero attached hydrogens (tertiary/aromatic N) is 4. The number of methoxy groups -OCH3 is 1. The Morgan fingerprint density at radius 1 is 0.974 bits per heavy atom. The van der Waals surface area contributed by atoms with Crippen molar-refractivity contribution in [1.29, 1.82) is 0 Å². The second kappa shape index (κ2) is 10.4. The zero-order valence-electron chi connectivity index (χ0n) is 20.6. The van der Waals surface area contributed by atoms with Crippen molar-refractivity contribution in [1.82, 2.24) is 20.1 Å². The van der Waals surface area contributed by atoms with E-state index in [1.807, 2.05) is 12.1 Å². The van der Waals surface area contributed by atoms with Gasteiger partial charge in [-0.1, -0.05) is 12.1 Å². The van der Waals surface area contributed by atoms with E-state index in [1.54, 1.807) is 30.2 Å². The molecule has 0 radical (unpaired) electrons. The van der Waals surface area contributed by atoms with E-state index in [9.17, 15) is 26.7 Å². The molecule has 3 heterocycles. The van der Waals surface area contributed by atoms with E-state index < -0.39 is 29.3 Å². The summed E-state index contributed by atoms with van der Waals surface area (Å²) in [6.07, 6.45) is -2.15. The molecule has 0 unspecified atom stereocenters. The normalized spacial score (nSPS) is 13.4. The van der Waals surface area contributed by atoms with Crippen molar-refractivity contribution in [2.75, 3.05) is 13.7 Å². The minimum absolute atomic E-state index is 0.0543. The van der Waals surface area contributed by atoms with Crippen LogP contribution in [0.15, 0.2) is 60.9 Å². The Balaban J connectivity index is 1.42. The maximum Gasteiger partial charge on any atom is 0.416 e. The number of carbonyl (C=O) groups excluding carboxylic acids is 1. The van der Waals surface area contributed by atoms with Crippen LogP contribution in [-0.2, 0) is 25.6 Å². The molecular weight excluding hydrogens is 519 g/mol. The van der Waals surface area contributed by atoms with Crippen LogP contribution in [0.1, 0.15) is 38.2 Å². The molecule has 4 aromatic rings. The molecule has 2 aromatic carbocycles. The molecule has 5 rings (SSSR count). The minimum Gasteiger partial charge on any atom is -0.497 e. The smallest absolute Gasteiger partial charge is 0.416 e. The molecule has 0 saturated heterocycles. The minimum atomic E-state index is -4.69. The third kappa shape index (κ3) is 5.57. The van der Waals surface area contributed by atoms with Crippen LogP contribution in [0.25, 0.3) is 11.4 Å². The number of hydrogen-bond donors (Lipinski definition) is 0. The maximum absolute atomic E-state index is 14.9. The molecule has 11 heteroatoms. The molecule has 1 aliphatic heterocycles. The number of amides is 1. The SMILES string of the molecule is COc1ccc(CN2CCc3c(-c4cc(Cc5cc(F)cc(C(F)(F)F)c5)cnn4)ncc(F)c3C2=O)cc1. The molecule has 39 heavy (non-hydrogen) atoms. The van der Waals surface area contributed by atoms with Crippen molar-refractivity contribution >= 4 is 5.91 Å². The number of aromatic nitrogens is 3. The number of benzene rings is 2. The number of alkyl halides is 3. The molecule has 1 aliphatic rings. The van der Waals surface area contributed by atoms with Gasteiger partial charge in [0.15, 0.2) is 5.82 Å². The summed E-state index contributed by atoms with van der Waals surface area (Å²) in [5.74, 6) is -1.58. The van der Waals surface area contributed by atoms with Gasteiger partial charge in [0.25, 0.3) is 5.91 Å². The van der Waals surface area contributed by atoms with Crippen molar-refractivity contribution in [3.8, 4) is 17.1 Å². The Hall–Kier alpha value is -4.41. The van der Waals surface area contributed by atoms with Crippen LogP contribution in [0.4, 0.5) is 22.0 Å². The van der Waals surface area contributed by atoms with E-state index in [4.69, 9.17) is 4.74 Å². The summed E-state index contributed by atoms with van der Waals surface area (Å²) in [5.41, 5.74) is 1.07. The van der Waals surface area contributed by atoms with E-state index in [0.29, 0.717) is 35.9 Å². The summed E-state index contributed by atoms with van der Waals surface area (Å²) in [7, 11) is 1.56. The Labute approximate surface area is 220 Å². The molecule has 1 amide bonds. The lowest BCUT2D eigenvalue weighted by molar-refractivity contribution is -0.137. The van der Waals surface area contributed by atoms with E-state index >= 15 is 0 Å². The first-order valence-corrected chi connectivity index (χ1v) is 11.9. The van der Waals surface area contributed by atoms with Gasteiger partial charge in [-0.25, -0.2) is 8.78 Å². The van der Waals surface area contributed by atoms with Gasteiger partial charge in [0.1, 0.15) is 17.3 Å². The number of halogens is 5. The summed E-state index contributed by atoms with van der Waals surface area (Å²) in [6, 6.07) is 11.1. The molecule has 0 spiro atoms. The van der Waals surface area contributed by atoms with Crippen molar-refractivity contribution < 1.29 is 31.5 Å². The Morgan fingerprint density at radius 3 is 2.46 bits per heavy atom. The third-order valence-corrected chi connectivity index (χ3v) is 6.45. The highest BCUT2D eigenvalue weighted by Crippen LogP contribution is 2.32. The summed E-state index contributed by atoms with van der Waals surface area (Å²) in [6.45, 7) is 0.592. The highest BCUT2D eigenvalue weighted by atomic mass is 19.4. The number of rotatable bonds is 6. The maximum atomic E-state index is 14.9. The first-order valence-electron chi connectivity index (χ1n) is 11.9. The first kappa shape index (κ1) is 26.2. The van der Waals surface area contributed by atoms with Crippen LogP contribution >= 0.6 is 0 Å². The molecule has 200 valence electrons. The van der Waals surface area contributed by atoms with Gasteiger partial charge in [-0.2, -0.15) is 18.3 Å². The van der Waals surface area contributed by atoms with Crippen LogP contribution in [0.3, 0.4) is 0 Å². The molecule has 0 N–H and O–H groups in total. The van der Waals surface area contributed by atoms with Crippen molar-refractivity contribution in [3.63, 3.8) is 0 Å². The van der Waals surface area contributed by atoms with Crippen molar-refractivity contribution in [2.24, 2.45) is 0 Å². The summed E-state index contributed by atoms with van der Waals surface area (Å²) >= 11 is 0. The Morgan fingerprint density at radius 2 is 1.74 bits per heavy atom. The van der Waals surface area contributed by atoms with Crippen LogP contribution in [0.2, 0.25) is 0 Å². The standard InChI is InChI=1S/C28H21F5N4O2/c1-39-21-4-2-16(3-5-21)15-37-7-6-22-25(27(37)38)23(30)14-34-26(22)24-11-18(13-35-36-24)8-17-9-19(28(31,32)33)12-20(29)10-17/h2-5,9-14H,6-8,15H2,1H3. The third-order valence-electron chi connectivity index (χ3n) is 6.45. The lowest BCUT2D eigenvalue weighted by atomic mass is 9.95. The summed E-state index contributed by atoms with van der Waals surface area (Å²) < 4.78 is 73.2. The highest BCUT2D eigenvalue weighted by molar-refractivity contribution is 5.98. The molecule has 0 aliphatic carbocycles. The molecule has 0 saturated carbocycles. The van der Waals surface area contributed by atoms with Crippen LogP contribution in [0.5, 0.6) is 5.75 Å². The van der Waals surface area contributed by atoms with Crippen LogP contribution < -0.4 is 4.74 Å². The topological polar surface area (TPSA) is 68.2 Å². The fourth-order valence-electron chi connectivity index (χ4n) is 4.60. The highest BCUT2D eigenvalue weighted by Gasteiger charge is 2.32. The Bertz CT molecular complexity index is 1540. The van der Waals surface area contributed by atoms with Crippen molar-refractivity contribution in [3.05, 3.63) is 106 Å². The number of ether oxygens (including phenoxy) is 1. The number of pyridine rings is 1. The number of fused-ring (bicyclic) bond motifs is 1. The Kier molecular flexibility index (Phi) is 6.98. The average molecular weight is 540 g/mol. The van der Waals surface area contributed by atoms with E-state index in [-0.39, 0.29) is 35.5 Å². The van der Waals surface area contributed by atoms with Gasteiger partial charge < -0.3 is 9.64 Å². The summed E-state index contributed by atoms with van der Waals surface area (Å²) in [5, 5.41) is 7.99. The summed E-state index contributed by atoms with van der Waals surface area (Å²) in [4.78, 5) is 19.0. The lowest BCUT2D eigenvalue weighted by Gasteiger charge is -2.29. The van der Waals surface area contributed by atoms with Crippen LogP contribution in [-0.4, -0.2) is 39.6 Å². The second-order valence-corrected chi connectivity index (χ2v) is 9.10. The second-order valence-electron chi connectivity index (χ2n) is 9.10. The largest absolute Gasteiger partial charge is 0.497 e. The monoisotopic (exact) mass is 540 g/mol. The van der Waals surface area contributed by atoms with E-state index in [2.05, 4.69) is 15.2 Å². The molecule has 6 nitrogen and oxygen atoms in total. The van der Waals surface area contributed by atoms with Gasteiger partial charge >= 0.3 is 6.18 Å². The number of carbonyl (C=O) groups is 1. The molecule has 0 atom stereocenters. The molecular formula is C28H21F5N4O2. The van der Waals surface area contributed by atoms with Gasteiger partial charge in [0, 0.05) is 13.1 Å². The fourth-order valence-corrected chi connectivity index (χ4v) is 4.60. The molecule has 2 aromatic heterocycles. The van der Waals surface area contributed by atoms with Crippen molar-refractivity contribution in [2.45, 2.75) is 25.6 Å². The van der Waals surface area contributed by atoms with Crippen LogP contribution in [0, 0.1) is 11.6 Å². The first-order chi connectivity index (χ1) is 18.6. The zero-order chi connectivity index (χ0) is 27.7. The molecule has 0 fully saturated rings. The lowest BCUT2D eigenvalue weighted by Crippen LogP contribution is -2.38. The average Bonchev–Trinajstić information content (AvgIpc) is 2.90. The van der Waals surface area contributed by atoms with E-state index in [1.165, 1.54) is 6.20 Å². The molecule has 0 bridgehead atoms. The quantitative estimate of drug-likeness (QED) is 0.297. The van der Waals surface area contributed by atoms with Gasteiger partial charge in [-0.3, -0.25) is 9.78 Å². The zero-order valence-corrected chi connectivity index (χ0v) is 20.6. The van der Waals surface area contributed by atoms with Gasteiger partial charge in [-0.15, -0.1) is 5.10 Å². The van der Waals surface area contributed by atoms with Gasteiger partial charge in [-0.05, 0) is 71.5 Å². The van der Waals surface area contributed by atoms with Gasteiger partial charge in [0.2, 0.25) is 0 Å². The van der Waals surface area contributed by atoms with E-state index in [0.717, 1.165) is 23.9 Å². The predicted octanol–water partition coefficient (Wildman–Crippen LogP) is 5.63. The van der Waals surface area contributed by atoms with Gasteiger partial charge in [0.05, 0.1) is 36.3 Å².